The Balaban J connectivity index is 2.16. The second-order valence-corrected chi connectivity index (χ2v) is 4.66. The summed E-state index contributed by atoms with van der Waals surface area (Å²) in [5.41, 5.74) is 1.30. The summed E-state index contributed by atoms with van der Waals surface area (Å²) in [5.74, 6) is 0. The Bertz CT molecular complexity index is 312. The maximum Gasteiger partial charge on any atom is 0.409 e. The molecule has 0 fully saturated rings. The van der Waals surface area contributed by atoms with Gasteiger partial charge < -0.3 is 9.64 Å². The Labute approximate surface area is 100 Å². The summed E-state index contributed by atoms with van der Waals surface area (Å²) in [6.07, 6.45) is -0.288. The lowest BCUT2D eigenvalue weighted by Crippen LogP contribution is -2.28. The third kappa shape index (κ3) is 4.63. The van der Waals surface area contributed by atoms with E-state index in [0.29, 0.717) is 6.61 Å². The van der Waals surface area contributed by atoms with Gasteiger partial charge in [0, 0.05) is 27.2 Å². The van der Waals surface area contributed by atoms with Gasteiger partial charge in [-0.3, -0.25) is 4.90 Å². The van der Waals surface area contributed by atoms with Crippen LogP contribution in [0.1, 0.15) is 5.56 Å². The molecule has 0 spiro atoms. The molecule has 5 heteroatoms. The van der Waals surface area contributed by atoms with E-state index < -0.39 is 0 Å². The lowest BCUT2D eigenvalue weighted by molar-refractivity contribution is 0.107. The summed E-state index contributed by atoms with van der Waals surface area (Å²) < 4.78 is 5.04. The van der Waals surface area contributed by atoms with Crippen molar-refractivity contribution in [2.45, 2.75) is 6.54 Å². The molecule has 1 aromatic rings. The largest absolute Gasteiger partial charge is 0.448 e. The van der Waals surface area contributed by atoms with Crippen LogP contribution in [0, 0.1) is 0 Å². The predicted molar refractivity (Wildman–Crippen MR) is 65.7 cm³/mol. The molecule has 0 aliphatic carbocycles. The van der Waals surface area contributed by atoms with Gasteiger partial charge in [0.25, 0.3) is 0 Å². The fourth-order valence-electron chi connectivity index (χ4n) is 1.19. The van der Waals surface area contributed by atoms with Crippen LogP contribution in [0.3, 0.4) is 0 Å². The molecule has 4 nitrogen and oxygen atoms in total. The zero-order valence-corrected chi connectivity index (χ0v) is 10.8. The monoisotopic (exact) mass is 242 g/mol. The lowest BCUT2D eigenvalue weighted by Gasteiger charge is -2.17. The number of likely N-dealkylation sites (N-methyl/N-ethyl adjacent to an activating group) is 1. The molecule has 0 radical (unpaired) electrons. The Morgan fingerprint density at radius 3 is 2.75 bits per heavy atom. The molecule has 1 rings (SSSR count). The first-order valence-electron chi connectivity index (χ1n) is 5.13. The van der Waals surface area contributed by atoms with E-state index in [2.05, 4.69) is 21.7 Å². The number of thiophene rings is 1. The van der Waals surface area contributed by atoms with E-state index in [1.807, 2.05) is 7.05 Å². The highest BCUT2D eigenvalue weighted by Gasteiger charge is 2.05. The number of ether oxygens (including phenoxy) is 1. The molecule has 0 aromatic carbocycles. The van der Waals surface area contributed by atoms with E-state index in [1.54, 1.807) is 25.4 Å². The Morgan fingerprint density at radius 1 is 1.44 bits per heavy atom. The van der Waals surface area contributed by atoms with Gasteiger partial charge in [0.05, 0.1) is 0 Å². The van der Waals surface area contributed by atoms with Crippen LogP contribution in [-0.2, 0) is 11.3 Å². The second kappa shape index (κ2) is 6.50. The second-order valence-electron chi connectivity index (χ2n) is 3.88. The predicted octanol–water partition coefficient (Wildman–Crippen LogP) is 1.88. The topological polar surface area (TPSA) is 32.8 Å². The van der Waals surface area contributed by atoms with Crippen LogP contribution in [0.5, 0.6) is 0 Å². The Morgan fingerprint density at radius 2 is 2.19 bits per heavy atom. The summed E-state index contributed by atoms with van der Waals surface area (Å²) in [6, 6.07) is 2.10. The minimum Gasteiger partial charge on any atom is -0.448 e. The zero-order valence-electron chi connectivity index (χ0n) is 9.97. The number of hydrogen-bond acceptors (Lipinski definition) is 4. The first-order chi connectivity index (χ1) is 7.59. The van der Waals surface area contributed by atoms with Crippen molar-refractivity contribution >= 4 is 17.4 Å². The molecular formula is C11H18N2O2S. The highest BCUT2D eigenvalue weighted by atomic mass is 32.1. The fraction of sp³-hybridized carbons (Fsp3) is 0.545. The van der Waals surface area contributed by atoms with Gasteiger partial charge in [-0.25, -0.2) is 4.79 Å². The first-order valence-corrected chi connectivity index (χ1v) is 6.07. The molecule has 0 aliphatic rings. The lowest BCUT2D eigenvalue weighted by atomic mass is 10.3. The van der Waals surface area contributed by atoms with E-state index >= 15 is 0 Å². The highest BCUT2D eigenvalue weighted by Crippen LogP contribution is 2.07. The smallest absolute Gasteiger partial charge is 0.409 e. The third-order valence-electron chi connectivity index (χ3n) is 2.10. The molecule has 1 amide bonds. The van der Waals surface area contributed by atoms with Crippen LogP contribution in [0.25, 0.3) is 0 Å². The number of carbonyl (C=O) groups is 1. The molecule has 0 atom stereocenters. The van der Waals surface area contributed by atoms with Crippen LogP contribution in [0.2, 0.25) is 0 Å². The van der Waals surface area contributed by atoms with Gasteiger partial charge in [-0.1, -0.05) is 0 Å². The number of amides is 1. The number of hydrogen-bond donors (Lipinski definition) is 0. The molecule has 0 N–H and O–H groups in total. The quantitative estimate of drug-likeness (QED) is 0.790. The normalized spacial score (nSPS) is 10.5. The zero-order chi connectivity index (χ0) is 12.0. The van der Waals surface area contributed by atoms with Gasteiger partial charge in [0.15, 0.2) is 0 Å². The average Bonchev–Trinajstić information content (AvgIpc) is 2.70. The van der Waals surface area contributed by atoms with Crippen molar-refractivity contribution in [2.24, 2.45) is 0 Å². The van der Waals surface area contributed by atoms with Gasteiger partial charge in [-0.15, -0.1) is 0 Å². The molecule has 0 saturated heterocycles. The van der Waals surface area contributed by atoms with Crippen LogP contribution in [-0.4, -0.2) is 50.2 Å². The van der Waals surface area contributed by atoms with Gasteiger partial charge in [0.1, 0.15) is 6.61 Å². The molecule has 1 heterocycles. The molecule has 0 unspecified atom stereocenters. The van der Waals surface area contributed by atoms with Crippen LogP contribution in [0.15, 0.2) is 16.8 Å². The van der Waals surface area contributed by atoms with E-state index in [9.17, 15) is 4.79 Å². The van der Waals surface area contributed by atoms with Crippen molar-refractivity contribution in [3.8, 4) is 0 Å². The molecule has 0 saturated carbocycles. The van der Waals surface area contributed by atoms with Crippen LogP contribution in [0.4, 0.5) is 4.79 Å². The van der Waals surface area contributed by atoms with E-state index in [-0.39, 0.29) is 6.09 Å². The molecule has 0 bridgehead atoms. The van der Waals surface area contributed by atoms with Crippen molar-refractivity contribution in [3.63, 3.8) is 0 Å². The van der Waals surface area contributed by atoms with E-state index in [0.717, 1.165) is 13.1 Å². The van der Waals surface area contributed by atoms with Gasteiger partial charge in [-0.2, -0.15) is 11.3 Å². The van der Waals surface area contributed by atoms with Crippen molar-refractivity contribution in [1.82, 2.24) is 9.80 Å². The van der Waals surface area contributed by atoms with E-state index in [1.165, 1.54) is 10.5 Å². The minimum atomic E-state index is -0.288. The maximum absolute atomic E-state index is 11.1. The van der Waals surface area contributed by atoms with Crippen molar-refractivity contribution < 1.29 is 9.53 Å². The van der Waals surface area contributed by atoms with Crippen LogP contribution < -0.4 is 0 Å². The summed E-state index contributed by atoms with van der Waals surface area (Å²) >= 11 is 1.70. The summed E-state index contributed by atoms with van der Waals surface area (Å²) in [7, 11) is 5.37. The Hall–Kier alpha value is -1.07. The van der Waals surface area contributed by atoms with Crippen molar-refractivity contribution in [3.05, 3.63) is 22.4 Å². The highest BCUT2D eigenvalue weighted by molar-refractivity contribution is 7.07. The maximum atomic E-state index is 11.1. The third-order valence-corrected chi connectivity index (χ3v) is 2.83. The first kappa shape index (κ1) is 13.0. The van der Waals surface area contributed by atoms with Crippen molar-refractivity contribution in [2.75, 3.05) is 34.3 Å². The number of nitrogens with zero attached hydrogens (tertiary/aromatic N) is 2. The van der Waals surface area contributed by atoms with Crippen molar-refractivity contribution in [1.29, 1.82) is 0 Å². The molecule has 1 aromatic heterocycles. The average molecular weight is 242 g/mol. The molecule has 0 aliphatic heterocycles. The molecular weight excluding hydrogens is 224 g/mol. The fourth-order valence-corrected chi connectivity index (χ4v) is 1.85. The molecule has 16 heavy (non-hydrogen) atoms. The summed E-state index contributed by atoms with van der Waals surface area (Å²) in [5, 5.41) is 4.19. The SMILES string of the molecule is CN(CCOC(=O)N(C)C)Cc1ccsc1. The Kier molecular flexibility index (Phi) is 5.28. The molecule has 90 valence electrons. The van der Waals surface area contributed by atoms with Gasteiger partial charge >= 0.3 is 6.09 Å². The summed E-state index contributed by atoms with van der Waals surface area (Å²) in [4.78, 5) is 14.7. The van der Waals surface area contributed by atoms with Gasteiger partial charge in [0.2, 0.25) is 0 Å². The van der Waals surface area contributed by atoms with Gasteiger partial charge in [-0.05, 0) is 29.4 Å². The van der Waals surface area contributed by atoms with Crippen LogP contribution >= 0.6 is 11.3 Å². The summed E-state index contributed by atoms with van der Waals surface area (Å²) in [6.45, 7) is 2.07. The minimum absolute atomic E-state index is 0.288. The number of carbonyl (C=O) groups excluding carboxylic acids is 1. The number of rotatable bonds is 5. The standard InChI is InChI=1S/C11H18N2O2S/c1-12(2)11(14)15-6-5-13(3)8-10-4-7-16-9-10/h4,7,9H,5-6,8H2,1-3H3. The van der Waals surface area contributed by atoms with E-state index in [4.69, 9.17) is 4.74 Å².